The molecule has 2 heterocycles. The maximum Gasteiger partial charge on any atom is 0.241 e. The number of carbonyl (C=O) groups is 1. The van der Waals surface area contributed by atoms with Gasteiger partial charge in [0, 0.05) is 16.2 Å². The zero-order valence-electron chi connectivity index (χ0n) is 15.6. The molecule has 6 nitrogen and oxygen atoms in total. The maximum absolute atomic E-state index is 12.7. The topological polar surface area (TPSA) is 80.9 Å². The first-order valence-corrected chi connectivity index (χ1v) is 9.77. The molecule has 0 unspecified atom stereocenters. The molecule has 0 saturated carbocycles. The Morgan fingerprint density at radius 2 is 2.00 bits per heavy atom. The highest BCUT2D eigenvalue weighted by Gasteiger charge is 2.22. The summed E-state index contributed by atoms with van der Waals surface area (Å²) in [6, 6.07) is 17.3. The van der Waals surface area contributed by atoms with Crippen LogP contribution in [0.3, 0.4) is 0 Å². The quantitative estimate of drug-likeness (QED) is 0.461. The van der Waals surface area contributed by atoms with Gasteiger partial charge >= 0.3 is 0 Å². The molecule has 2 aromatic carbocycles. The van der Waals surface area contributed by atoms with Crippen molar-refractivity contribution in [3.8, 4) is 22.5 Å². The van der Waals surface area contributed by atoms with E-state index in [1.165, 1.54) is 6.33 Å². The SMILES string of the molecule is Cc1cccc(-c2noc(NC(=O)Cc3ccccc3Br)c2-c2ccncn2)c1. The van der Waals surface area contributed by atoms with Gasteiger partial charge in [-0.1, -0.05) is 63.0 Å². The summed E-state index contributed by atoms with van der Waals surface area (Å²) in [4.78, 5) is 21.0. The highest BCUT2D eigenvalue weighted by atomic mass is 79.9. The third-order valence-corrected chi connectivity index (χ3v) is 5.16. The fourth-order valence-electron chi connectivity index (χ4n) is 3.03. The molecule has 0 bridgehead atoms. The number of nitrogens with one attached hydrogen (secondary N) is 1. The second kappa shape index (κ2) is 8.36. The average Bonchev–Trinajstić information content (AvgIpc) is 3.14. The first-order valence-electron chi connectivity index (χ1n) is 8.98. The molecular formula is C22H17BrN4O2. The van der Waals surface area contributed by atoms with Crippen molar-refractivity contribution >= 4 is 27.7 Å². The van der Waals surface area contributed by atoms with Crippen LogP contribution in [0.1, 0.15) is 11.1 Å². The lowest BCUT2D eigenvalue weighted by Gasteiger charge is -2.07. The number of anilines is 1. The summed E-state index contributed by atoms with van der Waals surface area (Å²) in [7, 11) is 0. The highest BCUT2D eigenvalue weighted by Crippen LogP contribution is 2.37. The average molecular weight is 449 g/mol. The van der Waals surface area contributed by atoms with E-state index in [0.29, 0.717) is 17.0 Å². The van der Waals surface area contributed by atoms with Gasteiger partial charge in [-0.05, 0) is 30.7 Å². The van der Waals surface area contributed by atoms with Crippen molar-refractivity contribution in [3.63, 3.8) is 0 Å². The van der Waals surface area contributed by atoms with Gasteiger partial charge in [-0.2, -0.15) is 0 Å². The van der Waals surface area contributed by atoms with Crippen molar-refractivity contribution in [2.45, 2.75) is 13.3 Å². The van der Waals surface area contributed by atoms with Crippen LogP contribution in [-0.2, 0) is 11.2 Å². The lowest BCUT2D eigenvalue weighted by atomic mass is 10.0. The van der Waals surface area contributed by atoms with E-state index in [4.69, 9.17) is 4.52 Å². The standard InChI is InChI=1S/C22H17BrN4O2/c1-14-5-4-7-16(11-14)21-20(18-9-10-24-13-25-18)22(29-27-21)26-19(28)12-15-6-2-3-8-17(15)23/h2-11,13H,12H2,1H3,(H,26,28). The van der Waals surface area contributed by atoms with Crippen molar-refractivity contribution in [1.29, 1.82) is 0 Å². The molecule has 0 aliphatic heterocycles. The van der Waals surface area contributed by atoms with Crippen molar-refractivity contribution in [1.82, 2.24) is 15.1 Å². The molecule has 0 aliphatic rings. The van der Waals surface area contributed by atoms with E-state index in [1.807, 2.05) is 55.5 Å². The molecule has 144 valence electrons. The molecule has 4 aromatic rings. The lowest BCUT2D eigenvalue weighted by molar-refractivity contribution is -0.115. The number of halogens is 1. The van der Waals surface area contributed by atoms with Crippen LogP contribution < -0.4 is 5.32 Å². The monoisotopic (exact) mass is 448 g/mol. The summed E-state index contributed by atoms with van der Waals surface area (Å²) in [6.45, 7) is 2.01. The lowest BCUT2D eigenvalue weighted by Crippen LogP contribution is -2.14. The fourth-order valence-corrected chi connectivity index (χ4v) is 3.45. The molecule has 0 aliphatic carbocycles. The van der Waals surface area contributed by atoms with Crippen LogP contribution in [0, 0.1) is 6.92 Å². The van der Waals surface area contributed by atoms with E-state index in [1.54, 1.807) is 12.3 Å². The maximum atomic E-state index is 12.7. The summed E-state index contributed by atoms with van der Waals surface area (Å²) in [5.74, 6) is 0.0522. The van der Waals surface area contributed by atoms with Gasteiger partial charge in [-0.25, -0.2) is 9.97 Å². The van der Waals surface area contributed by atoms with Gasteiger partial charge < -0.3 is 4.52 Å². The molecule has 7 heteroatoms. The Bertz CT molecular complexity index is 1160. The minimum Gasteiger partial charge on any atom is -0.337 e. The van der Waals surface area contributed by atoms with Crippen LogP contribution >= 0.6 is 15.9 Å². The second-order valence-electron chi connectivity index (χ2n) is 6.52. The molecule has 1 N–H and O–H groups in total. The smallest absolute Gasteiger partial charge is 0.241 e. The first-order chi connectivity index (χ1) is 14.1. The fraction of sp³-hybridized carbons (Fsp3) is 0.0909. The van der Waals surface area contributed by atoms with Gasteiger partial charge in [0.05, 0.1) is 17.7 Å². The van der Waals surface area contributed by atoms with Gasteiger partial charge in [0.15, 0.2) is 0 Å². The number of hydrogen-bond acceptors (Lipinski definition) is 5. The van der Waals surface area contributed by atoms with E-state index >= 15 is 0 Å². The van der Waals surface area contributed by atoms with E-state index in [-0.39, 0.29) is 18.2 Å². The Balaban J connectivity index is 1.70. The molecule has 0 radical (unpaired) electrons. The summed E-state index contributed by atoms with van der Waals surface area (Å²) in [5.41, 5.74) is 4.72. The van der Waals surface area contributed by atoms with E-state index in [2.05, 4.69) is 36.4 Å². The summed E-state index contributed by atoms with van der Waals surface area (Å²) < 4.78 is 6.41. The summed E-state index contributed by atoms with van der Waals surface area (Å²) in [6.07, 6.45) is 3.29. The van der Waals surface area contributed by atoms with Crippen molar-refractivity contribution in [2.24, 2.45) is 0 Å². The number of carbonyl (C=O) groups excluding carboxylic acids is 1. The van der Waals surface area contributed by atoms with Gasteiger partial charge in [-0.15, -0.1) is 0 Å². The zero-order chi connectivity index (χ0) is 20.2. The Hall–Kier alpha value is -3.32. The van der Waals surface area contributed by atoms with Crippen molar-refractivity contribution in [2.75, 3.05) is 5.32 Å². The van der Waals surface area contributed by atoms with Gasteiger partial charge in [0.1, 0.15) is 12.0 Å². The normalized spacial score (nSPS) is 10.7. The van der Waals surface area contributed by atoms with Crippen LogP contribution in [0.25, 0.3) is 22.5 Å². The van der Waals surface area contributed by atoms with Crippen LogP contribution in [0.5, 0.6) is 0 Å². The van der Waals surface area contributed by atoms with Crippen molar-refractivity contribution < 1.29 is 9.32 Å². The minimum absolute atomic E-state index is 0.200. The van der Waals surface area contributed by atoms with Gasteiger partial charge in [0.2, 0.25) is 11.8 Å². The van der Waals surface area contributed by atoms with Crippen LogP contribution in [0.4, 0.5) is 5.88 Å². The molecule has 29 heavy (non-hydrogen) atoms. The third kappa shape index (κ3) is 4.25. The number of aryl methyl sites for hydroxylation is 1. The van der Waals surface area contributed by atoms with E-state index < -0.39 is 0 Å². The molecule has 0 atom stereocenters. The van der Waals surface area contributed by atoms with E-state index in [9.17, 15) is 4.79 Å². The largest absolute Gasteiger partial charge is 0.337 e. The Morgan fingerprint density at radius 3 is 2.76 bits per heavy atom. The third-order valence-electron chi connectivity index (χ3n) is 4.38. The highest BCUT2D eigenvalue weighted by molar-refractivity contribution is 9.10. The number of amides is 1. The zero-order valence-corrected chi connectivity index (χ0v) is 17.2. The molecular weight excluding hydrogens is 432 g/mol. The van der Waals surface area contributed by atoms with Crippen LogP contribution in [0.2, 0.25) is 0 Å². The molecule has 2 aromatic heterocycles. The van der Waals surface area contributed by atoms with E-state index in [0.717, 1.165) is 21.2 Å². The number of aromatic nitrogens is 3. The Morgan fingerprint density at radius 1 is 1.14 bits per heavy atom. The number of rotatable bonds is 5. The molecule has 4 rings (SSSR count). The predicted octanol–water partition coefficient (Wildman–Crippen LogP) is 5.05. The molecule has 0 fully saturated rings. The molecule has 1 amide bonds. The predicted molar refractivity (Wildman–Crippen MR) is 114 cm³/mol. The second-order valence-corrected chi connectivity index (χ2v) is 7.37. The molecule has 0 spiro atoms. The minimum atomic E-state index is -0.209. The Kier molecular flexibility index (Phi) is 5.48. The number of benzene rings is 2. The number of hydrogen-bond donors (Lipinski definition) is 1. The van der Waals surface area contributed by atoms with Gasteiger partial charge in [-0.3, -0.25) is 10.1 Å². The van der Waals surface area contributed by atoms with Crippen LogP contribution in [-0.4, -0.2) is 21.0 Å². The first kappa shape index (κ1) is 19.0. The summed E-state index contributed by atoms with van der Waals surface area (Å²) in [5, 5.41) is 7.06. The van der Waals surface area contributed by atoms with Gasteiger partial charge in [0.25, 0.3) is 0 Å². The summed E-state index contributed by atoms with van der Waals surface area (Å²) >= 11 is 3.47. The number of nitrogens with zero attached hydrogens (tertiary/aromatic N) is 3. The molecule has 0 saturated heterocycles. The van der Waals surface area contributed by atoms with Crippen LogP contribution in [0.15, 0.2) is 76.1 Å². The van der Waals surface area contributed by atoms with Crippen molar-refractivity contribution in [3.05, 3.63) is 82.7 Å². The Labute approximate surface area is 176 Å².